The third-order valence-electron chi connectivity index (χ3n) is 1.49. The molecule has 0 radical (unpaired) electrons. The van der Waals surface area contributed by atoms with E-state index in [-0.39, 0.29) is 0 Å². The first kappa shape index (κ1) is 7.24. The van der Waals surface area contributed by atoms with E-state index >= 15 is 0 Å². The first-order valence-corrected chi connectivity index (χ1v) is 3.63. The molecule has 0 fully saturated rings. The van der Waals surface area contributed by atoms with Gasteiger partial charge in [0.05, 0.1) is 0 Å². The van der Waals surface area contributed by atoms with Gasteiger partial charge in [-0.1, -0.05) is 11.6 Å². The Morgan fingerprint density at radius 3 is 3.08 bits per heavy atom. The Hall–Kier alpha value is -1.42. The second kappa shape index (κ2) is 2.57. The van der Waals surface area contributed by atoms with Crippen molar-refractivity contribution in [2.24, 2.45) is 0 Å². The maximum Gasteiger partial charge on any atom is 0.157 e. The molecule has 2 aromatic rings. The molecule has 0 saturated carbocycles. The summed E-state index contributed by atoms with van der Waals surface area (Å²) in [5, 5.41) is 4.23. The zero-order chi connectivity index (χ0) is 8.55. The van der Waals surface area contributed by atoms with Gasteiger partial charge in [0.1, 0.15) is 17.8 Å². The zero-order valence-electron chi connectivity index (χ0n) is 5.94. The van der Waals surface area contributed by atoms with Crippen LogP contribution in [0.1, 0.15) is 10.4 Å². The number of pyridine rings is 1. The van der Waals surface area contributed by atoms with E-state index in [1.54, 1.807) is 6.07 Å². The fraction of sp³-hybridized carbons (Fsp3) is 0. The Balaban J connectivity index is 2.83. The van der Waals surface area contributed by atoms with Gasteiger partial charge in [0.25, 0.3) is 0 Å². The quantitative estimate of drug-likeness (QED) is 0.491. The molecule has 0 aliphatic rings. The van der Waals surface area contributed by atoms with Crippen LogP contribution in [-0.2, 0) is 0 Å². The van der Waals surface area contributed by atoms with Gasteiger partial charge < -0.3 is 0 Å². The number of aldehydes is 1. The summed E-state index contributed by atoms with van der Waals surface area (Å²) >= 11 is 5.78. The fourth-order valence-electron chi connectivity index (χ4n) is 0.971. The van der Waals surface area contributed by atoms with Crippen molar-refractivity contribution < 1.29 is 4.79 Å². The summed E-state index contributed by atoms with van der Waals surface area (Å²) in [5.41, 5.74) is 1.07. The smallest absolute Gasteiger partial charge is 0.157 e. The lowest BCUT2D eigenvalue weighted by atomic mass is 10.3. The van der Waals surface area contributed by atoms with Gasteiger partial charge in [-0.3, -0.25) is 4.79 Å². The van der Waals surface area contributed by atoms with Crippen molar-refractivity contribution in [1.82, 2.24) is 14.6 Å². The van der Waals surface area contributed by atoms with Gasteiger partial charge in [-0.15, -0.1) is 0 Å². The largest absolute Gasteiger partial charge is 0.298 e. The highest BCUT2D eigenvalue weighted by atomic mass is 35.5. The molecular formula is C7H4ClN3O. The molecule has 2 heterocycles. The lowest BCUT2D eigenvalue weighted by Gasteiger charge is -1.95. The number of carbonyl (C=O) groups is 1. The number of fused-ring (bicyclic) bond motifs is 1. The van der Waals surface area contributed by atoms with Gasteiger partial charge in [-0.25, -0.2) is 9.50 Å². The zero-order valence-corrected chi connectivity index (χ0v) is 6.69. The van der Waals surface area contributed by atoms with E-state index < -0.39 is 0 Å². The van der Waals surface area contributed by atoms with Crippen LogP contribution < -0.4 is 0 Å². The van der Waals surface area contributed by atoms with Crippen LogP contribution in [0.5, 0.6) is 0 Å². The van der Waals surface area contributed by atoms with Crippen LogP contribution in [0.3, 0.4) is 0 Å². The number of halogens is 1. The number of aromatic nitrogens is 3. The Labute approximate surface area is 72.8 Å². The molecule has 2 aromatic heterocycles. The van der Waals surface area contributed by atoms with Gasteiger partial charge in [-0.2, -0.15) is 5.10 Å². The van der Waals surface area contributed by atoms with E-state index in [0.717, 1.165) is 6.29 Å². The van der Waals surface area contributed by atoms with Crippen molar-refractivity contribution >= 4 is 23.5 Å². The van der Waals surface area contributed by atoms with E-state index in [4.69, 9.17) is 11.6 Å². The molecule has 0 aliphatic carbocycles. The summed E-state index contributed by atoms with van der Waals surface area (Å²) in [6.45, 7) is 0. The Kier molecular flexibility index (Phi) is 1.55. The Morgan fingerprint density at radius 2 is 2.33 bits per heavy atom. The molecule has 0 aliphatic heterocycles. The van der Waals surface area contributed by atoms with E-state index in [2.05, 4.69) is 10.1 Å². The molecule has 0 unspecified atom stereocenters. The van der Waals surface area contributed by atoms with Gasteiger partial charge in [0.2, 0.25) is 0 Å². The minimum Gasteiger partial charge on any atom is -0.298 e. The number of hydrogen-bond acceptors (Lipinski definition) is 3. The van der Waals surface area contributed by atoms with Crippen molar-refractivity contribution in [3.63, 3.8) is 0 Å². The van der Waals surface area contributed by atoms with Crippen LogP contribution in [0, 0.1) is 0 Å². The lowest BCUT2D eigenvalue weighted by molar-refractivity contribution is 0.112. The van der Waals surface area contributed by atoms with Crippen LogP contribution in [0.2, 0.25) is 5.15 Å². The van der Waals surface area contributed by atoms with Crippen molar-refractivity contribution in [3.8, 4) is 0 Å². The third kappa shape index (κ3) is 0.967. The van der Waals surface area contributed by atoms with E-state index in [9.17, 15) is 4.79 Å². The van der Waals surface area contributed by atoms with Gasteiger partial charge in [-0.05, 0) is 12.1 Å². The highest BCUT2D eigenvalue weighted by molar-refractivity contribution is 6.30. The minimum absolute atomic E-state index is 0.382. The predicted molar refractivity (Wildman–Crippen MR) is 43.4 cm³/mol. The number of nitrogens with zero attached hydrogens (tertiary/aromatic N) is 3. The summed E-state index contributed by atoms with van der Waals surface area (Å²) < 4.78 is 1.45. The SMILES string of the molecule is O=Cc1cc(Cl)n2ncnc2c1. The Morgan fingerprint density at radius 1 is 1.50 bits per heavy atom. The first-order valence-electron chi connectivity index (χ1n) is 3.26. The van der Waals surface area contributed by atoms with Crippen LogP contribution in [-0.4, -0.2) is 20.9 Å². The minimum atomic E-state index is 0.382. The second-order valence-electron chi connectivity index (χ2n) is 2.26. The van der Waals surface area contributed by atoms with Gasteiger partial charge in [0, 0.05) is 5.56 Å². The average molecular weight is 182 g/mol. The molecule has 0 bridgehead atoms. The highest BCUT2D eigenvalue weighted by Gasteiger charge is 2.01. The topological polar surface area (TPSA) is 47.3 Å². The fourth-order valence-corrected chi connectivity index (χ4v) is 1.23. The lowest BCUT2D eigenvalue weighted by Crippen LogP contribution is -1.91. The van der Waals surface area contributed by atoms with Crippen LogP contribution in [0.15, 0.2) is 18.5 Å². The molecule has 0 N–H and O–H groups in total. The molecule has 0 saturated heterocycles. The van der Waals surface area contributed by atoms with Crippen molar-refractivity contribution in [2.75, 3.05) is 0 Å². The molecule has 0 atom stereocenters. The summed E-state index contributed by atoms with van der Waals surface area (Å²) in [6.07, 6.45) is 2.11. The monoisotopic (exact) mass is 181 g/mol. The van der Waals surface area contributed by atoms with Gasteiger partial charge >= 0.3 is 0 Å². The maximum absolute atomic E-state index is 10.4. The van der Waals surface area contributed by atoms with Crippen LogP contribution in [0.4, 0.5) is 0 Å². The normalized spacial score (nSPS) is 10.4. The molecular weight excluding hydrogens is 178 g/mol. The molecule has 60 valence electrons. The van der Waals surface area contributed by atoms with E-state index in [1.807, 2.05) is 0 Å². The molecule has 0 aromatic carbocycles. The number of rotatable bonds is 1. The maximum atomic E-state index is 10.4. The summed E-state index contributed by atoms with van der Waals surface area (Å²) in [5.74, 6) is 0. The molecule has 0 amide bonds. The van der Waals surface area contributed by atoms with Gasteiger partial charge in [0.15, 0.2) is 5.65 Å². The highest BCUT2D eigenvalue weighted by Crippen LogP contribution is 2.12. The van der Waals surface area contributed by atoms with E-state index in [1.165, 1.54) is 16.9 Å². The van der Waals surface area contributed by atoms with E-state index in [0.29, 0.717) is 16.4 Å². The van der Waals surface area contributed by atoms with Crippen LogP contribution >= 0.6 is 11.6 Å². The summed E-state index contributed by atoms with van der Waals surface area (Å²) in [7, 11) is 0. The first-order chi connectivity index (χ1) is 5.81. The average Bonchev–Trinajstić information content (AvgIpc) is 2.52. The van der Waals surface area contributed by atoms with Crippen molar-refractivity contribution in [3.05, 3.63) is 29.2 Å². The molecule has 12 heavy (non-hydrogen) atoms. The Bertz CT molecular complexity index is 437. The number of carbonyl (C=O) groups excluding carboxylic acids is 1. The number of hydrogen-bond donors (Lipinski definition) is 0. The molecule has 2 rings (SSSR count). The third-order valence-corrected chi connectivity index (χ3v) is 1.76. The second-order valence-corrected chi connectivity index (χ2v) is 2.65. The summed E-state index contributed by atoms with van der Waals surface area (Å²) in [4.78, 5) is 14.3. The summed E-state index contributed by atoms with van der Waals surface area (Å²) in [6, 6.07) is 3.15. The molecule has 5 heteroatoms. The standard InChI is InChI=1S/C7H4ClN3O/c8-6-1-5(3-12)2-7-9-4-10-11(6)7/h1-4H. The van der Waals surface area contributed by atoms with Crippen molar-refractivity contribution in [1.29, 1.82) is 0 Å². The van der Waals surface area contributed by atoms with Crippen LogP contribution in [0.25, 0.3) is 5.65 Å². The van der Waals surface area contributed by atoms with Crippen molar-refractivity contribution in [2.45, 2.75) is 0 Å². The predicted octanol–water partition coefficient (Wildman–Crippen LogP) is 1.20. The molecule has 0 spiro atoms. The molecule has 4 nitrogen and oxygen atoms in total.